The van der Waals surface area contributed by atoms with Crippen LogP contribution in [0.1, 0.15) is 18.4 Å². The first kappa shape index (κ1) is 17.8. The number of hydrogen-bond donors (Lipinski definition) is 1. The molecule has 0 amide bonds. The van der Waals surface area contributed by atoms with Crippen molar-refractivity contribution in [2.45, 2.75) is 24.7 Å². The molecule has 0 saturated heterocycles. The van der Waals surface area contributed by atoms with Gasteiger partial charge in [0.15, 0.2) is 0 Å². The third-order valence-corrected chi connectivity index (χ3v) is 6.34. The van der Waals surface area contributed by atoms with Gasteiger partial charge in [-0.2, -0.15) is 0 Å². The van der Waals surface area contributed by atoms with Crippen molar-refractivity contribution in [2.24, 2.45) is 0 Å². The van der Waals surface area contributed by atoms with Crippen LogP contribution in [-0.2, 0) is 10.0 Å². The van der Waals surface area contributed by atoms with Gasteiger partial charge in [0.05, 0.1) is 22.9 Å². The summed E-state index contributed by atoms with van der Waals surface area (Å²) in [6.45, 7) is 3.75. The number of nitrogens with zero attached hydrogens (tertiary/aromatic N) is 2. The van der Waals surface area contributed by atoms with E-state index in [1.807, 2.05) is 43.3 Å². The molecule has 0 aromatic heterocycles. The number of anilines is 2. The Labute approximate surface area is 149 Å². The molecule has 0 spiro atoms. The highest BCUT2D eigenvalue weighted by atomic mass is 32.2. The largest absolute Gasteiger partial charge is 0.395 e. The summed E-state index contributed by atoms with van der Waals surface area (Å²) < 4.78 is 28.0. The second-order valence-corrected chi connectivity index (χ2v) is 8.16. The van der Waals surface area contributed by atoms with Gasteiger partial charge in [-0.15, -0.1) is 0 Å². The lowest BCUT2D eigenvalue weighted by molar-refractivity contribution is 0.301. The number of sulfonamides is 1. The van der Waals surface area contributed by atoms with Crippen molar-refractivity contribution in [3.63, 3.8) is 0 Å². The van der Waals surface area contributed by atoms with Crippen LogP contribution in [0.5, 0.6) is 0 Å². The Morgan fingerprint density at radius 2 is 1.60 bits per heavy atom. The topological polar surface area (TPSA) is 60.9 Å². The summed E-state index contributed by atoms with van der Waals surface area (Å²) in [5, 5.41) is 9.36. The molecule has 3 rings (SSSR count). The highest BCUT2D eigenvalue weighted by molar-refractivity contribution is 7.92. The zero-order valence-electron chi connectivity index (χ0n) is 14.4. The summed E-state index contributed by atoms with van der Waals surface area (Å²) in [5.74, 6) is 0. The van der Waals surface area contributed by atoms with Crippen molar-refractivity contribution in [1.82, 2.24) is 0 Å². The van der Waals surface area contributed by atoms with E-state index < -0.39 is 10.0 Å². The lowest BCUT2D eigenvalue weighted by Crippen LogP contribution is -2.37. The smallest absolute Gasteiger partial charge is 0.264 e. The lowest BCUT2D eigenvalue weighted by atomic mass is 10.1. The third-order valence-electron chi connectivity index (χ3n) is 4.51. The quantitative estimate of drug-likeness (QED) is 0.911. The zero-order chi connectivity index (χ0) is 17.9. The maximum Gasteiger partial charge on any atom is 0.264 e. The summed E-state index contributed by atoms with van der Waals surface area (Å²) in [7, 11) is -3.63. The number of para-hydroxylation sites is 2. The molecule has 0 saturated carbocycles. The molecule has 0 atom stereocenters. The zero-order valence-corrected chi connectivity index (χ0v) is 15.2. The van der Waals surface area contributed by atoms with Crippen LogP contribution in [0, 0.1) is 6.92 Å². The van der Waals surface area contributed by atoms with Crippen molar-refractivity contribution < 1.29 is 13.5 Å². The molecule has 6 heteroatoms. The van der Waals surface area contributed by atoms with Gasteiger partial charge in [0.1, 0.15) is 0 Å². The molecule has 1 N–H and O–H groups in total. The van der Waals surface area contributed by atoms with E-state index in [4.69, 9.17) is 0 Å². The number of aliphatic hydroxyl groups is 1. The van der Waals surface area contributed by atoms with Gasteiger partial charge in [0.2, 0.25) is 0 Å². The van der Waals surface area contributed by atoms with Gasteiger partial charge in [-0.1, -0.05) is 29.8 Å². The molecule has 1 aliphatic heterocycles. The molecule has 5 nitrogen and oxygen atoms in total. The molecule has 0 aliphatic carbocycles. The fourth-order valence-electron chi connectivity index (χ4n) is 3.18. The average molecular weight is 360 g/mol. The van der Waals surface area contributed by atoms with Crippen LogP contribution in [0.25, 0.3) is 0 Å². The van der Waals surface area contributed by atoms with Crippen molar-refractivity contribution in [3.05, 3.63) is 54.1 Å². The molecule has 25 heavy (non-hydrogen) atoms. The van der Waals surface area contributed by atoms with Crippen LogP contribution < -0.4 is 9.21 Å². The number of aliphatic hydroxyl groups excluding tert-OH is 1. The van der Waals surface area contributed by atoms with Crippen LogP contribution in [0.2, 0.25) is 0 Å². The van der Waals surface area contributed by atoms with E-state index >= 15 is 0 Å². The Hall–Kier alpha value is -2.05. The van der Waals surface area contributed by atoms with E-state index in [0.717, 1.165) is 30.6 Å². The number of aryl methyl sites for hydroxylation is 1. The summed E-state index contributed by atoms with van der Waals surface area (Å²) in [4.78, 5) is 2.37. The Balaban J connectivity index is 2.08. The van der Waals surface area contributed by atoms with Crippen molar-refractivity contribution in [3.8, 4) is 0 Å². The number of fused-ring (bicyclic) bond motifs is 1. The third kappa shape index (κ3) is 3.65. The highest BCUT2D eigenvalue weighted by Crippen LogP contribution is 2.35. The highest BCUT2D eigenvalue weighted by Gasteiger charge is 2.28. The van der Waals surface area contributed by atoms with Crippen LogP contribution in [-0.4, -0.2) is 39.8 Å². The van der Waals surface area contributed by atoms with Gasteiger partial charge in [-0.25, -0.2) is 8.42 Å². The van der Waals surface area contributed by atoms with E-state index in [0.29, 0.717) is 23.7 Å². The standard InChI is InChI=1S/C19H24N2O3S/c1-16-8-10-17(11-9-16)25(23,24)21-13-5-4-12-20(14-15-22)18-6-2-3-7-19(18)21/h2-3,6-11,22H,4-5,12-15H2,1H3. The fourth-order valence-corrected chi connectivity index (χ4v) is 4.70. The van der Waals surface area contributed by atoms with Crippen molar-refractivity contribution >= 4 is 21.4 Å². The van der Waals surface area contributed by atoms with Crippen LogP contribution >= 0.6 is 0 Å². The minimum Gasteiger partial charge on any atom is -0.395 e. The molecule has 0 fully saturated rings. The Kier molecular flexibility index (Phi) is 5.30. The minimum absolute atomic E-state index is 0.0407. The fraction of sp³-hybridized carbons (Fsp3) is 0.368. The maximum absolute atomic E-state index is 13.2. The van der Waals surface area contributed by atoms with E-state index in [2.05, 4.69) is 4.90 Å². The molecule has 0 bridgehead atoms. The minimum atomic E-state index is -3.63. The number of rotatable bonds is 4. The van der Waals surface area contributed by atoms with Gasteiger partial charge < -0.3 is 10.0 Å². The van der Waals surface area contributed by atoms with Gasteiger partial charge in [0, 0.05) is 19.6 Å². The van der Waals surface area contributed by atoms with Crippen LogP contribution in [0.15, 0.2) is 53.4 Å². The average Bonchev–Trinajstić information content (AvgIpc) is 2.59. The molecule has 0 radical (unpaired) electrons. The van der Waals surface area contributed by atoms with Crippen LogP contribution in [0.3, 0.4) is 0 Å². The molecule has 2 aromatic carbocycles. The lowest BCUT2D eigenvalue weighted by Gasteiger charge is -2.34. The maximum atomic E-state index is 13.2. The van der Waals surface area contributed by atoms with Crippen molar-refractivity contribution in [2.75, 3.05) is 35.4 Å². The number of hydrogen-bond acceptors (Lipinski definition) is 4. The van der Waals surface area contributed by atoms with Gasteiger partial charge in [-0.05, 0) is 44.0 Å². The predicted octanol–water partition coefficient (Wildman–Crippen LogP) is 2.78. The van der Waals surface area contributed by atoms with E-state index in [1.54, 1.807) is 12.1 Å². The predicted molar refractivity (Wildman–Crippen MR) is 101 cm³/mol. The van der Waals surface area contributed by atoms with Gasteiger partial charge >= 0.3 is 0 Å². The molecule has 2 aromatic rings. The monoisotopic (exact) mass is 360 g/mol. The summed E-state index contributed by atoms with van der Waals surface area (Å²) >= 11 is 0. The second kappa shape index (κ2) is 7.45. The normalized spacial score (nSPS) is 15.4. The van der Waals surface area contributed by atoms with Crippen molar-refractivity contribution in [1.29, 1.82) is 0 Å². The second-order valence-electron chi connectivity index (χ2n) is 6.30. The van der Waals surface area contributed by atoms with Crippen LogP contribution in [0.4, 0.5) is 11.4 Å². The molecule has 1 heterocycles. The van der Waals surface area contributed by atoms with E-state index in [9.17, 15) is 13.5 Å². The number of β-amino-alcohol motifs (C(OH)–C–C–N with tert-alkyl or cyclic N) is 1. The summed E-state index contributed by atoms with van der Waals surface area (Å²) in [6, 6.07) is 14.5. The first-order chi connectivity index (χ1) is 12.0. The van der Waals surface area contributed by atoms with Gasteiger partial charge in [-0.3, -0.25) is 4.31 Å². The summed E-state index contributed by atoms with van der Waals surface area (Å²) in [6.07, 6.45) is 1.66. The molecule has 134 valence electrons. The van der Waals surface area contributed by atoms with E-state index in [1.165, 1.54) is 4.31 Å². The first-order valence-corrected chi connectivity index (χ1v) is 10.0. The SMILES string of the molecule is Cc1ccc(S(=O)(=O)N2CCCCN(CCO)c3ccccc32)cc1. The molecular formula is C19H24N2O3S. The Morgan fingerprint density at radius 3 is 2.28 bits per heavy atom. The Morgan fingerprint density at radius 1 is 0.960 bits per heavy atom. The summed E-state index contributed by atoms with van der Waals surface area (Å²) in [5.41, 5.74) is 2.56. The Bertz CT molecular complexity index is 819. The van der Waals surface area contributed by atoms with E-state index in [-0.39, 0.29) is 6.61 Å². The van der Waals surface area contributed by atoms with Gasteiger partial charge in [0.25, 0.3) is 10.0 Å². The molecule has 1 aliphatic rings. The first-order valence-electron chi connectivity index (χ1n) is 8.58. The number of benzene rings is 2. The molecular weight excluding hydrogens is 336 g/mol. The molecule has 0 unspecified atom stereocenters.